The topological polar surface area (TPSA) is 38.9 Å². The molecule has 0 saturated carbocycles. The minimum absolute atomic E-state index is 0.0973. The first-order valence-electron chi connectivity index (χ1n) is 5.51. The zero-order valence-corrected chi connectivity index (χ0v) is 12.0. The van der Waals surface area contributed by atoms with Crippen molar-refractivity contribution >= 4 is 27.9 Å². The lowest BCUT2D eigenvalue weighted by Gasteiger charge is -2.13. The Labute approximate surface area is 115 Å². The van der Waals surface area contributed by atoms with Crippen molar-refractivity contribution in [3.8, 4) is 11.3 Å². The zero-order chi connectivity index (χ0) is 13.5. The normalized spacial score (nSPS) is 11.8. The molecule has 0 unspecified atom stereocenters. The Kier molecular flexibility index (Phi) is 3.34. The standard InChI is InChI=1S/C13H14ClFN2S/c1-13(2,3)12-17-10(11(16)18-12)8-5-4-7(14)6-9(8)15/h4-6H,16H2,1-3H3. The lowest BCUT2D eigenvalue weighted by molar-refractivity contribution is 0.585. The van der Waals surface area contributed by atoms with Crippen LogP contribution < -0.4 is 5.73 Å². The van der Waals surface area contributed by atoms with E-state index in [9.17, 15) is 4.39 Å². The molecule has 0 fully saturated rings. The first-order valence-corrected chi connectivity index (χ1v) is 6.70. The lowest BCUT2D eigenvalue weighted by Crippen LogP contribution is -2.10. The minimum atomic E-state index is -0.403. The van der Waals surface area contributed by atoms with Gasteiger partial charge in [-0.25, -0.2) is 9.37 Å². The third-order valence-corrected chi connectivity index (χ3v) is 4.03. The largest absolute Gasteiger partial charge is 0.389 e. The summed E-state index contributed by atoms with van der Waals surface area (Å²) in [7, 11) is 0. The molecule has 0 aliphatic heterocycles. The Bertz CT molecular complexity index is 587. The third kappa shape index (κ3) is 2.49. The lowest BCUT2D eigenvalue weighted by atomic mass is 9.98. The second-order valence-electron chi connectivity index (χ2n) is 5.11. The highest BCUT2D eigenvalue weighted by molar-refractivity contribution is 7.16. The Balaban J connectivity index is 2.55. The predicted octanol–water partition coefficient (Wildman–Crippen LogP) is 4.48. The van der Waals surface area contributed by atoms with Crippen molar-refractivity contribution in [3.05, 3.63) is 34.0 Å². The van der Waals surface area contributed by atoms with Crippen LogP contribution >= 0.6 is 22.9 Å². The summed E-state index contributed by atoms with van der Waals surface area (Å²) in [5.41, 5.74) is 6.73. The zero-order valence-electron chi connectivity index (χ0n) is 10.4. The van der Waals surface area contributed by atoms with E-state index in [0.29, 0.717) is 21.3 Å². The Morgan fingerprint density at radius 3 is 2.50 bits per heavy atom. The predicted molar refractivity (Wildman–Crippen MR) is 75.6 cm³/mol. The van der Waals surface area contributed by atoms with Gasteiger partial charge in [-0.05, 0) is 18.2 Å². The van der Waals surface area contributed by atoms with Crippen LogP contribution in [0.3, 0.4) is 0 Å². The van der Waals surface area contributed by atoms with E-state index in [2.05, 4.69) is 4.98 Å². The quantitative estimate of drug-likeness (QED) is 0.838. The van der Waals surface area contributed by atoms with Crippen molar-refractivity contribution in [2.24, 2.45) is 0 Å². The maximum absolute atomic E-state index is 13.8. The van der Waals surface area contributed by atoms with E-state index in [4.69, 9.17) is 17.3 Å². The summed E-state index contributed by atoms with van der Waals surface area (Å²) in [6.07, 6.45) is 0. The molecule has 1 heterocycles. The van der Waals surface area contributed by atoms with Crippen LogP contribution in [-0.2, 0) is 5.41 Å². The summed E-state index contributed by atoms with van der Waals surface area (Å²) in [6, 6.07) is 4.51. The summed E-state index contributed by atoms with van der Waals surface area (Å²) in [4.78, 5) is 4.45. The number of nitrogens with two attached hydrogens (primary N) is 1. The molecule has 0 aliphatic rings. The second-order valence-corrected chi connectivity index (χ2v) is 6.57. The van der Waals surface area contributed by atoms with Crippen molar-refractivity contribution in [2.45, 2.75) is 26.2 Å². The summed E-state index contributed by atoms with van der Waals surface area (Å²) < 4.78 is 13.8. The van der Waals surface area contributed by atoms with Crippen molar-refractivity contribution in [1.29, 1.82) is 0 Å². The third-order valence-electron chi connectivity index (χ3n) is 2.48. The fourth-order valence-corrected chi connectivity index (χ4v) is 2.59. The molecule has 0 amide bonds. The number of hydrogen-bond donors (Lipinski definition) is 1. The highest BCUT2D eigenvalue weighted by Crippen LogP contribution is 2.37. The molecule has 1 aromatic heterocycles. The van der Waals surface area contributed by atoms with Gasteiger partial charge < -0.3 is 5.73 Å². The molecule has 1 aromatic carbocycles. The number of nitrogen functional groups attached to an aromatic ring is 1. The van der Waals surface area contributed by atoms with Crippen LogP contribution in [0.1, 0.15) is 25.8 Å². The molecule has 0 radical (unpaired) electrons. The van der Waals surface area contributed by atoms with Crippen LogP contribution in [0.4, 0.5) is 9.39 Å². The Morgan fingerprint density at radius 1 is 1.33 bits per heavy atom. The van der Waals surface area contributed by atoms with Gasteiger partial charge in [-0.2, -0.15) is 0 Å². The molecule has 96 valence electrons. The summed E-state index contributed by atoms with van der Waals surface area (Å²) >= 11 is 7.13. The molecular weight excluding hydrogens is 271 g/mol. The van der Waals surface area contributed by atoms with Gasteiger partial charge in [0.25, 0.3) is 0 Å². The van der Waals surface area contributed by atoms with E-state index in [1.54, 1.807) is 12.1 Å². The molecule has 0 aliphatic carbocycles. The van der Waals surface area contributed by atoms with Gasteiger partial charge in [0.1, 0.15) is 21.5 Å². The van der Waals surface area contributed by atoms with Gasteiger partial charge in [0.15, 0.2) is 0 Å². The molecular formula is C13H14ClFN2S. The maximum atomic E-state index is 13.8. The van der Waals surface area contributed by atoms with Gasteiger partial charge in [-0.1, -0.05) is 32.4 Å². The van der Waals surface area contributed by atoms with E-state index in [0.717, 1.165) is 5.01 Å². The first-order chi connectivity index (χ1) is 8.29. The first kappa shape index (κ1) is 13.3. The molecule has 0 saturated heterocycles. The van der Waals surface area contributed by atoms with Crippen LogP contribution in [-0.4, -0.2) is 4.98 Å². The molecule has 2 N–H and O–H groups in total. The Hall–Kier alpha value is -1.13. The number of rotatable bonds is 1. The number of hydrogen-bond acceptors (Lipinski definition) is 3. The molecule has 18 heavy (non-hydrogen) atoms. The van der Waals surface area contributed by atoms with Crippen molar-refractivity contribution in [1.82, 2.24) is 4.98 Å². The van der Waals surface area contributed by atoms with E-state index < -0.39 is 5.82 Å². The van der Waals surface area contributed by atoms with Gasteiger partial charge in [-0.15, -0.1) is 11.3 Å². The minimum Gasteiger partial charge on any atom is -0.389 e. The summed E-state index contributed by atoms with van der Waals surface area (Å²) in [5.74, 6) is -0.403. The van der Waals surface area contributed by atoms with Crippen LogP contribution in [0.15, 0.2) is 18.2 Å². The van der Waals surface area contributed by atoms with Crippen LogP contribution in [0.5, 0.6) is 0 Å². The summed E-state index contributed by atoms with van der Waals surface area (Å²) in [6.45, 7) is 6.15. The highest BCUT2D eigenvalue weighted by atomic mass is 35.5. The van der Waals surface area contributed by atoms with Gasteiger partial charge in [-0.3, -0.25) is 0 Å². The fourth-order valence-electron chi connectivity index (χ4n) is 1.53. The smallest absolute Gasteiger partial charge is 0.134 e. The fraction of sp³-hybridized carbons (Fsp3) is 0.308. The van der Waals surface area contributed by atoms with Gasteiger partial charge in [0.2, 0.25) is 0 Å². The molecule has 5 heteroatoms. The maximum Gasteiger partial charge on any atom is 0.134 e. The molecule has 0 spiro atoms. The van der Waals surface area contributed by atoms with E-state index in [1.807, 2.05) is 20.8 Å². The number of benzene rings is 1. The number of thiazole rings is 1. The van der Waals surface area contributed by atoms with Crippen molar-refractivity contribution in [3.63, 3.8) is 0 Å². The van der Waals surface area contributed by atoms with Gasteiger partial charge in [0, 0.05) is 16.0 Å². The molecule has 2 rings (SSSR count). The van der Waals surface area contributed by atoms with Gasteiger partial charge in [0.05, 0.1) is 0 Å². The average molecular weight is 285 g/mol. The molecule has 0 atom stereocenters. The molecule has 2 nitrogen and oxygen atoms in total. The molecule has 2 aromatic rings. The highest BCUT2D eigenvalue weighted by Gasteiger charge is 2.22. The molecule has 0 bridgehead atoms. The van der Waals surface area contributed by atoms with E-state index in [-0.39, 0.29) is 5.41 Å². The van der Waals surface area contributed by atoms with Crippen molar-refractivity contribution < 1.29 is 4.39 Å². The van der Waals surface area contributed by atoms with E-state index in [1.165, 1.54) is 17.4 Å². The van der Waals surface area contributed by atoms with Crippen LogP contribution in [0.2, 0.25) is 5.02 Å². The number of halogens is 2. The summed E-state index contributed by atoms with van der Waals surface area (Å²) in [5, 5.41) is 1.78. The number of nitrogens with zero attached hydrogens (tertiary/aromatic N) is 1. The van der Waals surface area contributed by atoms with Crippen LogP contribution in [0.25, 0.3) is 11.3 Å². The van der Waals surface area contributed by atoms with Gasteiger partial charge >= 0.3 is 0 Å². The van der Waals surface area contributed by atoms with Crippen LogP contribution in [0, 0.1) is 5.82 Å². The monoisotopic (exact) mass is 284 g/mol. The number of anilines is 1. The average Bonchev–Trinajstić information content (AvgIpc) is 2.60. The van der Waals surface area contributed by atoms with Crippen molar-refractivity contribution in [2.75, 3.05) is 5.73 Å². The SMILES string of the molecule is CC(C)(C)c1nc(-c2ccc(Cl)cc2F)c(N)s1. The number of aromatic nitrogens is 1. The van der Waals surface area contributed by atoms with E-state index >= 15 is 0 Å². The Morgan fingerprint density at radius 2 is 2.00 bits per heavy atom. The second kappa shape index (κ2) is 4.52.